The fourth-order valence-corrected chi connectivity index (χ4v) is 3.05. The average Bonchev–Trinajstić information content (AvgIpc) is 2.81. The minimum atomic E-state index is 0.186. The monoisotopic (exact) mass is 258 g/mol. The van der Waals surface area contributed by atoms with Crippen LogP contribution in [0.15, 0.2) is 0 Å². The Morgan fingerprint density at radius 1 is 1.35 bits per heavy atom. The summed E-state index contributed by atoms with van der Waals surface area (Å²) in [6, 6.07) is 0. The molecule has 1 rings (SSSR count). The normalized spacial score (nSPS) is 23.9. The molecule has 0 aromatic carbocycles. The molecule has 0 heterocycles. The van der Waals surface area contributed by atoms with Gasteiger partial charge in [-0.1, -0.05) is 12.8 Å². The van der Waals surface area contributed by atoms with E-state index in [2.05, 4.69) is 11.6 Å². The first-order valence-corrected chi connectivity index (χ1v) is 8.15. The summed E-state index contributed by atoms with van der Waals surface area (Å²) in [4.78, 5) is 11.9. The van der Waals surface area contributed by atoms with Gasteiger partial charge in [0.05, 0.1) is 0 Å². The summed E-state index contributed by atoms with van der Waals surface area (Å²) in [7, 11) is 0. The predicted molar refractivity (Wildman–Crippen MR) is 75.1 cm³/mol. The van der Waals surface area contributed by atoms with E-state index in [1.165, 1.54) is 18.6 Å². The second-order valence-electron chi connectivity index (χ2n) is 4.88. The first-order valence-electron chi connectivity index (χ1n) is 6.76. The second kappa shape index (κ2) is 8.81. The molecule has 0 radical (unpaired) electrons. The average molecular weight is 258 g/mol. The third-order valence-electron chi connectivity index (χ3n) is 3.62. The summed E-state index contributed by atoms with van der Waals surface area (Å²) >= 11 is 1.89. The van der Waals surface area contributed by atoms with E-state index in [9.17, 15) is 4.79 Å². The van der Waals surface area contributed by atoms with Crippen molar-refractivity contribution in [2.45, 2.75) is 38.5 Å². The molecular weight excluding hydrogens is 232 g/mol. The van der Waals surface area contributed by atoms with Crippen molar-refractivity contribution in [1.82, 2.24) is 5.32 Å². The van der Waals surface area contributed by atoms with Crippen molar-refractivity contribution in [3.8, 4) is 0 Å². The Morgan fingerprint density at radius 3 is 2.88 bits per heavy atom. The number of thioether (sulfide) groups is 1. The molecule has 17 heavy (non-hydrogen) atoms. The molecule has 0 saturated heterocycles. The zero-order valence-electron chi connectivity index (χ0n) is 10.9. The zero-order chi connectivity index (χ0) is 12.5. The van der Waals surface area contributed by atoms with E-state index in [-0.39, 0.29) is 11.8 Å². The summed E-state index contributed by atoms with van der Waals surface area (Å²) in [5, 5.41) is 3.06. The fraction of sp³-hybridized carbons (Fsp3) is 0.923. The molecule has 2 unspecified atom stereocenters. The van der Waals surface area contributed by atoms with Crippen LogP contribution in [0.3, 0.4) is 0 Å². The Kier molecular flexibility index (Phi) is 7.69. The lowest BCUT2D eigenvalue weighted by atomic mass is 9.95. The highest BCUT2D eigenvalue weighted by Gasteiger charge is 2.31. The Bertz CT molecular complexity index is 223. The molecule has 3 N–H and O–H groups in total. The molecule has 1 fully saturated rings. The molecule has 0 bridgehead atoms. The molecule has 4 heteroatoms. The van der Waals surface area contributed by atoms with Crippen LogP contribution in [0.4, 0.5) is 0 Å². The standard InChI is InChI=1S/C13H26N2OS/c1-17-9-4-2-3-8-15-13(16)12-7-5-6-11(12)10-14/h11-12H,2-10,14H2,1H3,(H,15,16). The van der Waals surface area contributed by atoms with E-state index in [0.717, 1.165) is 32.2 Å². The van der Waals surface area contributed by atoms with Crippen molar-refractivity contribution in [2.75, 3.05) is 25.1 Å². The van der Waals surface area contributed by atoms with Gasteiger partial charge in [-0.2, -0.15) is 11.8 Å². The number of hydrogen-bond acceptors (Lipinski definition) is 3. The maximum Gasteiger partial charge on any atom is 0.223 e. The van der Waals surface area contributed by atoms with Gasteiger partial charge in [0.2, 0.25) is 5.91 Å². The molecule has 1 saturated carbocycles. The van der Waals surface area contributed by atoms with Gasteiger partial charge >= 0.3 is 0 Å². The van der Waals surface area contributed by atoms with Crippen LogP contribution >= 0.6 is 11.8 Å². The molecule has 2 atom stereocenters. The van der Waals surface area contributed by atoms with Crippen molar-refractivity contribution in [2.24, 2.45) is 17.6 Å². The van der Waals surface area contributed by atoms with Gasteiger partial charge in [0.25, 0.3) is 0 Å². The summed E-state index contributed by atoms with van der Waals surface area (Å²) in [5.74, 6) is 2.08. The molecule has 1 amide bonds. The molecule has 100 valence electrons. The maximum atomic E-state index is 11.9. The van der Waals surface area contributed by atoms with Crippen LogP contribution in [-0.2, 0) is 4.79 Å². The molecule has 0 aromatic heterocycles. The Balaban J connectivity index is 2.08. The van der Waals surface area contributed by atoms with Crippen molar-refractivity contribution in [3.05, 3.63) is 0 Å². The third-order valence-corrected chi connectivity index (χ3v) is 4.32. The highest BCUT2D eigenvalue weighted by atomic mass is 32.2. The number of carbonyl (C=O) groups is 1. The van der Waals surface area contributed by atoms with Gasteiger partial charge in [-0.3, -0.25) is 4.79 Å². The van der Waals surface area contributed by atoms with Crippen molar-refractivity contribution in [3.63, 3.8) is 0 Å². The van der Waals surface area contributed by atoms with Gasteiger partial charge in [0, 0.05) is 12.5 Å². The topological polar surface area (TPSA) is 55.1 Å². The van der Waals surface area contributed by atoms with Crippen LogP contribution in [0.25, 0.3) is 0 Å². The van der Waals surface area contributed by atoms with Crippen molar-refractivity contribution in [1.29, 1.82) is 0 Å². The maximum absolute atomic E-state index is 11.9. The van der Waals surface area contributed by atoms with Crippen LogP contribution < -0.4 is 11.1 Å². The van der Waals surface area contributed by atoms with Gasteiger partial charge < -0.3 is 11.1 Å². The minimum absolute atomic E-state index is 0.186. The van der Waals surface area contributed by atoms with Gasteiger partial charge in [-0.25, -0.2) is 0 Å². The molecular formula is C13H26N2OS. The summed E-state index contributed by atoms with van der Waals surface area (Å²) in [5.41, 5.74) is 5.69. The van der Waals surface area contributed by atoms with Crippen molar-refractivity contribution >= 4 is 17.7 Å². The van der Waals surface area contributed by atoms with E-state index in [0.29, 0.717) is 12.5 Å². The van der Waals surface area contributed by atoms with E-state index in [1.807, 2.05) is 11.8 Å². The Labute approximate surface area is 109 Å². The fourth-order valence-electron chi connectivity index (χ4n) is 2.55. The lowest BCUT2D eigenvalue weighted by molar-refractivity contribution is -0.125. The Hall–Kier alpha value is -0.220. The van der Waals surface area contributed by atoms with Crippen LogP contribution in [0.2, 0.25) is 0 Å². The first-order chi connectivity index (χ1) is 8.29. The first kappa shape index (κ1) is 14.8. The van der Waals surface area contributed by atoms with E-state index in [1.54, 1.807) is 0 Å². The van der Waals surface area contributed by atoms with Crippen LogP contribution in [0, 0.1) is 11.8 Å². The van der Waals surface area contributed by atoms with Gasteiger partial charge in [-0.15, -0.1) is 0 Å². The number of hydrogen-bond donors (Lipinski definition) is 2. The van der Waals surface area contributed by atoms with Gasteiger partial charge in [0.1, 0.15) is 0 Å². The number of amides is 1. The van der Waals surface area contributed by atoms with Gasteiger partial charge in [-0.05, 0) is 50.2 Å². The number of nitrogens with two attached hydrogens (primary N) is 1. The highest BCUT2D eigenvalue weighted by Crippen LogP contribution is 2.30. The zero-order valence-corrected chi connectivity index (χ0v) is 11.7. The Morgan fingerprint density at radius 2 is 2.18 bits per heavy atom. The molecule has 3 nitrogen and oxygen atoms in total. The highest BCUT2D eigenvalue weighted by molar-refractivity contribution is 7.98. The quantitative estimate of drug-likeness (QED) is 0.655. The summed E-state index contributed by atoms with van der Waals surface area (Å²) in [6.07, 6.45) is 9.02. The molecule has 0 aromatic rings. The van der Waals surface area contributed by atoms with E-state index in [4.69, 9.17) is 5.73 Å². The van der Waals surface area contributed by atoms with Crippen LogP contribution in [0.5, 0.6) is 0 Å². The second-order valence-corrected chi connectivity index (χ2v) is 5.86. The van der Waals surface area contributed by atoms with E-state index >= 15 is 0 Å². The number of unbranched alkanes of at least 4 members (excludes halogenated alkanes) is 2. The van der Waals surface area contributed by atoms with Crippen LogP contribution in [-0.4, -0.2) is 31.0 Å². The summed E-state index contributed by atoms with van der Waals surface area (Å²) < 4.78 is 0. The third kappa shape index (κ3) is 5.30. The molecule has 1 aliphatic rings. The number of rotatable bonds is 8. The molecule has 0 aliphatic heterocycles. The number of nitrogens with one attached hydrogen (secondary N) is 1. The van der Waals surface area contributed by atoms with Crippen molar-refractivity contribution < 1.29 is 4.79 Å². The number of carbonyl (C=O) groups excluding carboxylic acids is 1. The largest absolute Gasteiger partial charge is 0.356 e. The van der Waals surface area contributed by atoms with Crippen LogP contribution in [0.1, 0.15) is 38.5 Å². The minimum Gasteiger partial charge on any atom is -0.356 e. The summed E-state index contributed by atoms with van der Waals surface area (Å²) in [6.45, 7) is 1.49. The van der Waals surface area contributed by atoms with Gasteiger partial charge in [0.15, 0.2) is 0 Å². The predicted octanol–water partition coefficient (Wildman–Crippen LogP) is 2.01. The van der Waals surface area contributed by atoms with E-state index < -0.39 is 0 Å². The smallest absolute Gasteiger partial charge is 0.223 e. The lowest BCUT2D eigenvalue weighted by Gasteiger charge is -2.17. The lowest BCUT2D eigenvalue weighted by Crippen LogP contribution is -2.35. The molecule has 0 spiro atoms. The molecule has 1 aliphatic carbocycles. The SMILES string of the molecule is CSCCCCCNC(=O)C1CCCC1CN.